The second-order valence-electron chi connectivity index (χ2n) is 3.75. The SMILES string of the molecule is C=C(C)CCC(O)C1CCC1. The van der Waals surface area contributed by atoms with Crippen LogP contribution >= 0.6 is 0 Å². The predicted molar refractivity (Wildman–Crippen MR) is 47.4 cm³/mol. The van der Waals surface area contributed by atoms with Crippen LogP contribution in [0.5, 0.6) is 0 Å². The van der Waals surface area contributed by atoms with Crippen LogP contribution in [0.15, 0.2) is 12.2 Å². The first kappa shape index (κ1) is 8.79. The van der Waals surface area contributed by atoms with Crippen LogP contribution in [-0.2, 0) is 0 Å². The fraction of sp³-hybridized carbons (Fsp3) is 0.800. The Labute approximate surface area is 69.1 Å². The number of hydrogen-bond donors (Lipinski definition) is 1. The van der Waals surface area contributed by atoms with Crippen LogP contribution in [-0.4, -0.2) is 11.2 Å². The van der Waals surface area contributed by atoms with E-state index in [9.17, 15) is 5.11 Å². The summed E-state index contributed by atoms with van der Waals surface area (Å²) in [4.78, 5) is 0. The maximum absolute atomic E-state index is 9.58. The average molecular weight is 154 g/mol. The van der Waals surface area contributed by atoms with E-state index in [2.05, 4.69) is 6.58 Å². The molecule has 64 valence electrons. The molecule has 1 saturated carbocycles. The van der Waals surface area contributed by atoms with Gasteiger partial charge in [-0.1, -0.05) is 12.0 Å². The quantitative estimate of drug-likeness (QED) is 0.617. The van der Waals surface area contributed by atoms with Crippen molar-refractivity contribution >= 4 is 0 Å². The number of allylic oxidation sites excluding steroid dienone is 1. The normalized spacial score (nSPS) is 20.9. The molecule has 1 N–H and O–H groups in total. The molecular weight excluding hydrogens is 136 g/mol. The Hall–Kier alpha value is -0.300. The van der Waals surface area contributed by atoms with Crippen LogP contribution < -0.4 is 0 Å². The van der Waals surface area contributed by atoms with Crippen molar-refractivity contribution in [2.45, 2.75) is 45.1 Å². The van der Waals surface area contributed by atoms with Crippen molar-refractivity contribution < 1.29 is 5.11 Å². The molecule has 0 aromatic rings. The molecule has 0 aromatic heterocycles. The molecule has 0 radical (unpaired) electrons. The molecule has 0 bridgehead atoms. The summed E-state index contributed by atoms with van der Waals surface area (Å²) < 4.78 is 0. The lowest BCUT2D eigenvalue weighted by atomic mass is 9.79. The Morgan fingerprint density at radius 3 is 2.64 bits per heavy atom. The molecule has 1 fully saturated rings. The molecule has 0 amide bonds. The van der Waals surface area contributed by atoms with Gasteiger partial charge in [0, 0.05) is 0 Å². The molecule has 0 saturated heterocycles. The zero-order valence-electron chi connectivity index (χ0n) is 7.34. The van der Waals surface area contributed by atoms with Gasteiger partial charge in [0.15, 0.2) is 0 Å². The van der Waals surface area contributed by atoms with Crippen molar-refractivity contribution in [2.24, 2.45) is 5.92 Å². The fourth-order valence-corrected chi connectivity index (χ4v) is 1.45. The molecular formula is C10H18O. The van der Waals surface area contributed by atoms with Gasteiger partial charge in [-0.2, -0.15) is 0 Å². The first-order chi connectivity index (χ1) is 5.20. The van der Waals surface area contributed by atoms with Crippen molar-refractivity contribution in [3.8, 4) is 0 Å². The van der Waals surface area contributed by atoms with Gasteiger partial charge in [0.05, 0.1) is 6.10 Å². The fourth-order valence-electron chi connectivity index (χ4n) is 1.45. The topological polar surface area (TPSA) is 20.2 Å². The summed E-state index contributed by atoms with van der Waals surface area (Å²) >= 11 is 0. The highest BCUT2D eigenvalue weighted by Crippen LogP contribution is 2.31. The van der Waals surface area contributed by atoms with Gasteiger partial charge in [0.2, 0.25) is 0 Å². The molecule has 0 heterocycles. The van der Waals surface area contributed by atoms with Gasteiger partial charge < -0.3 is 5.11 Å². The molecule has 1 atom stereocenters. The van der Waals surface area contributed by atoms with Crippen molar-refractivity contribution in [1.82, 2.24) is 0 Å². The highest BCUT2D eigenvalue weighted by atomic mass is 16.3. The highest BCUT2D eigenvalue weighted by molar-refractivity contribution is 4.89. The van der Waals surface area contributed by atoms with Crippen molar-refractivity contribution in [3.05, 3.63) is 12.2 Å². The van der Waals surface area contributed by atoms with Crippen molar-refractivity contribution in [2.75, 3.05) is 0 Å². The molecule has 1 unspecified atom stereocenters. The number of hydrogen-bond acceptors (Lipinski definition) is 1. The van der Waals surface area contributed by atoms with Gasteiger partial charge in [0.1, 0.15) is 0 Å². The Morgan fingerprint density at radius 1 is 1.64 bits per heavy atom. The third kappa shape index (κ3) is 2.66. The average Bonchev–Trinajstić information content (AvgIpc) is 1.79. The van der Waals surface area contributed by atoms with E-state index >= 15 is 0 Å². The zero-order valence-corrected chi connectivity index (χ0v) is 7.34. The minimum absolute atomic E-state index is 0.0551. The maximum Gasteiger partial charge on any atom is 0.0571 e. The Bertz CT molecular complexity index is 136. The van der Waals surface area contributed by atoms with E-state index in [4.69, 9.17) is 0 Å². The Morgan fingerprint density at radius 2 is 2.27 bits per heavy atom. The van der Waals surface area contributed by atoms with Gasteiger partial charge in [-0.25, -0.2) is 0 Å². The van der Waals surface area contributed by atoms with Crippen LogP contribution in [0.4, 0.5) is 0 Å². The number of rotatable bonds is 4. The summed E-state index contributed by atoms with van der Waals surface area (Å²) in [6.07, 6.45) is 5.63. The number of aliphatic hydroxyl groups is 1. The summed E-state index contributed by atoms with van der Waals surface area (Å²) in [7, 11) is 0. The van der Waals surface area contributed by atoms with Crippen LogP contribution in [0, 0.1) is 5.92 Å². The molecule has 1 nitrogen and oxygen atoms in total. The maximum atomic E-state index is 9.58. The molecule has 1 aliphatic rings. The molecule has 1 aliphatic carbocycles. The lowest BCUT2D eigenvalue weighted by molar-refractivity contribution is 0.0560. The van der Waals surface area contributed by atoms with Crippen LogP contribution in [0.1, 0.15) is 39.0 Å². The van der Waals surface area contributed by atoms with Crippen molar-refractivity contribution in [1.29, 1.82) is 0 Å². The summed E-state index contributed by atoms with van der Waals surface area (Å²) in [5, 5.41) is 9.58. The summed E-state index contributed by atoms with van der Waals surface area (Å²) in [5.74, 6) is 0.606. The molecule has 0 aliphatic heterocycles. The number of aliphatic hydroxyl groups excluding tert-OH is 1. The van der Waals surface area contributed by atoms with Crippen LogP contribution in [0.2, 0.25) is 0 Å². The Balaban J connectivity index is 2.09. The molecule has 11 heavy (non-hydrogen) atoms. The van der Waals surface area contributed by atoms with E-state index in [1.165, 1.54) is 24.8 Å². The molecule has 0 aromatic carbocycles. The minimum Gasteiger partial charge on any atom is -0.393 e. The zero-order chi connectivity index (χ0) is 8.27. The lowest BCUT2D eigenvalue weighted by Crippen LogP contribution is -2.26. The second kappa shape index (κ2) is 3.91. The van der Waals surface area contributed by atoms with E-state index in [0.717, 1.165) is 12.8 Å². The smallest absolute Gasteiger partial charge is 0.0571 e. The lowest BCUT2D eigenvalue weighted by Gasteiger charge is -2.30. The summed E-state index contributed by atoms with van der Waals surface area (Å²) in [5.41, 5.74) is 1.18. The monoisotopic (exact) mass is 154 g/mol. The third-order valence-electron chi connectivity index (χ3n) is 2.56. The van der Waals surface area contributed by atoms with Crippen molar-refractivity contribution in [3.63, 3.8) is 0 Å². The van der Waals surface area contributed by atoms with E-state index in [0.29, 0.717) is 5.92 Å². The van der Waals surface area contributed by atoms with E-state index in [1.54, 1.807) is 0 Å². The van der Waals surface area contributed by atoms with Gasteiger partial charge in [-0.05, 0) is 38.5 Å². The summed E-state index contributed by atoms with van der Waals surface area (Å²) in [6.45, 7) is 5.84. The van der Waals surface area contributed by atoms with Gasteiger partial charge >= 0.3 is 0 Å². The van der Waals surface area contributed by atoms with Crippen LogP contribution in [0.3, 0.4) is 0 Å². The largest absolute Gasteiger partial charge is 0.393 e. The van der Waals surface area contributed by atoms with Gasteiger partial charge in [-0.3, -0.25) is 0 Å². The van der Waals surface area contributed by atoms with Gasteiger partial charge in [0.25, 0.3) is 0 Å². The van der Waals surface area contributed by atoms with Crippen LogP contribution in [0.25, 0.3) is 0 Å². The summed E-state index contributed by atoms with van der Waals surface area (Å²) in [6, 6.07) is 0. The third-order valence-corrected chi connectivity index (χ3v) is 2.56. The first-order valence-electron chi connectivity index (χ1n) is 4.52. The molecule has 0 spiro atoms. The minimum atomic E-state index is -0.0551. The Kier molecular flexibility index (Phi) is 3.13. The molecule has 1 heteroatoms. The first-order valence-corrected chi connectivity index (χ1v) is 4.52. The van der Waals surface area contributed by atoms with Gasteiger partial charge in [-0.15, -0.1) is 6.58 Å². The standard InChI is InChI=1S/C10H18O/c1-8(2)6-7-10(11)9-4-3-5-9/h9-11H,1,3-7H2,2H3. The van der Waals surface area contributed by atoms with E-state index in [1.807, 2.05) is 6.92 Å². The van der Waals surface area contributed by atoms with E-state index in [-0.39, 0.29) is 6.10 Å². The second-order valence-corrected chi connectivity index (χ2v) is 3.75. The van der Waals surface area contributed by atoms with E-state index < -0.39 is 0 Å². The highest BCUT2D eigenvalue weighted by Gasteiger charge is 2.24. The predicted octanol–water partition coefficient (Wildman–Crippen LogP) is 2.50. The molecule has 1 rings (SSSR count).